The zero-order valence-corrected chi connectivity index (χ0v) is 15.2. The molecule has 0 aliphatic carbocycles. The third-order valence-corrected chi connectivity index (χ3v) is 4.87. The summed E-state index contributed by atoms with van der Waals surface area (Å²) >= 11 is 0. The number of piperidine rings is 1. The third-order valence-electron chi connectivity index (χ3n) is 4.87. The summed E-state index contributed by atoms with van der Waals surface area (Å²) in [6, 6.07) is 6.13. The van der Waals surface area contributed by atoms with Crippen LogP contribution in [-0.4, -0.2) is 52.8 Å². The highest BCUT2D eigenvalue weighted by atomic mass is 19.4. The number of hydrogen-bond acceptors (Lipinski definition) is 4. The lowest BCUT2D eigenvalue weighted by atomic mass is 10.0. The van der Waals surface area contributed by atoms with Crippen molar-refractivity contribution in [3.8, 4) is 5.75 Å². The van der Waals surface area contributed by atoms with Gasteiger partial charge in [-0.3, -0.25) is 9.59 Å². The van der Waals surface area contributed by atoms with Gasteiger partial charge in [0.25, 0.3) is 11.5 Å². The number of aromatic hydroxyl groups is 1. The van der Waals surface area contributed by atoms with E-state index in [9.17, 15) is 32.3 Å². The van der Waals surface area contributed by atoms with Gasteiger partial charge in [-0.05, 0) is 43.2 Å². The molecule has 29 heavy (non-hydrogen) atoms. The van der Waals surface area contributed by atoms with E-state index in [1.165, 1.54) is 12.1 Å². The van der Waals surface area contributed by atoms with Crippen molar-refractivity contribution in [2.24, 2.45) is 0 Å². The Kier molecular flexibility index (Phi) is 5.81. The number of nitrogens with zero attached hydrogens (tertiary/aromatic N) is 2. The topological polar surface area (TPSA) is 76.6 Å². The Morgan fingerprint density at radius 2 is 1.79 bits per heavy atom. The number of pyridine rings is 1. The molecule has 1 saturated heterocycles. The Morgan fingerprint density at radius 1 is 1.17 bits per heavy atom. The van der Waals surface area contributed by atoms with E-state index >= 15 is 0 Å². The smallest absolute Gasteiger partial charge is 0.406 e. The molecule has 1 aromatic carbocycles. The van der Waals surface area contributed by atoms with Gasteiger partial charge < -0.3 is 19.9 Å². The summed E-state index contributed by atoms with van der Waals surface area (Å²) in [6.07, 6.45) is -3.04. The summed E-state index contributed by atoms with van der Waals surface area (Å²) in [4.78, 5) is 29.0. The number of carbonyl (C=O) groups is 1. The molecule has 2 N–H and O–H groups in total. The lowest BCUT2D eigenvalue weighted by Gasteiger charge is -2.39. The van der Waals surface area contributed by atoms with Crippen LogP contribution >= 0.6 is 0 Å². The Labute approximate surface area is 163 Å². The number of benzene rings is 1. The lowest BCUT2D eigenvalue weighted by Crippen LogP contribution is -2.50. The molecular weight excluding hydrogens is 394 g/mol. The summed E-state index contributed by atoms with van der Waals surface area (Å²) in [5.41, 5.74) is -0.682. The van der Waals surface area contributed by atoms with Gasteiger partial charge in [-0.1, -0.05) is 0 Å². The second kappa shape index (κ2) is 8.14. The molecule has 0 atom stereocenters. The average molecular weight is 413 g/mol. The largest absolute Gasteiger partial charge is 0.502 e. The Balaban J connectivity index is 1.79. The highest BCUT2D eigenvalue weighted by molar-refractivity contribution is 5.96. The Hall–Kier alpha value is -3.04. The van der Waals surface area contributed by atoms with Gasteiger partial charge in [-0.25, -0.2) is 4.39 Å². The number of anilines is 1. The first-order chi connectivity index (χ1) is 13.7. The van der Waals surface area contributed by atoms with E-state index in [2.05, 4.69) is 4.98 Å². The number of amides is 1. The molecule has 156 valence electrons. The van der Waals surface area contributed by atoms with Crippen molar-refractivity contribution < 1.29 is 27.5 Å². The van der Waals surface area contributed by atoms with E-state index in [1.54, 1.807) is 12.1 Å². The third kappa shape index (κ3) is 4.87. The van der Waals surface area contributed by atoms with Crippen LogP contribution in [0.5, 0.6) is 5.75 Å². The molecule has 6 nitrogen and oxygen atoms in total. The van der Waals surface area contributed by atoms with Crippen LogP contribution < -0.4 is 10.5 Å². The number of aromatic nitrogens is 1. The zero-order valence-electron chi connectivity index (χ0n) is 15.2. The maximum Gasteiger partial charge on any atom is 0.406 e. The molecule has 1 aliphatic rings. The number of carbonyl (C=O) groups excluding carboxylic acids is 1. The van der Waals surface area contributed by atoms with Crippen molar-refractivity contribution in [3.63, 3.8) is 0 Å². The van der Waals surface area contributed by atoms with Crippen LogP contribution in [0, 0.1) is 5.82 Å². The highest BCUT2D eigenvalue weighted by Gasteiger charge is 2.38. The molecule has 0 saturated carbocycles. The molecule has 1 aliphatic heterocycles. The second-order valence-corrected chi connectivity index (χ2v) is 6.81. The minimum atomic E-state index is -4.64. The Bertz CT molecular complexity index is 920. The molecular formula is C19H19F4N3O3. The number of hydrogen-bond donors (Lipinski definition) is 2. The molecule has 1 aromatic heterocycles. The number of nitrogens with one attached hydrogen (secondary N) is 1. The molecule has 0 spiro atoms. The molecule has 0 unspecified atom stereocenters. The van der Waals surface area contributed by atoms with Crippen LogP contribution in [0.1, 0.15) is 23.2 Å². The lowest BCUT2D eigenvalue weighted by molar-refractivity contribution is -0.145. The fourth-order valence-electron chi connectivity index (χ4n) is 3.45. The van der Waals surface area contributed by atoms with Gasteiger partial charge >= 0.3 is 6.18 Å². The first-order valence-corrected chi connectivity index (χ1v) is 8.94. The van der Waals surface area contributed by atoms with Gasteiger partial charge in [-0.2, -0.15) is 13.2 Å². The number of halogens is 4. The average Bonchev–Trinajstić information content (AvgIpc) is 2.68. The fourth-order valence-corrected chi connectivity index (χ4v) is 3.45. The monoisotopic (exact) mass is 413 g/mol. The van der Waals surface area contributed by atoms with Crippen LogP contribution in [-0.2, 0) is 0 Å². The highest BCUT2D eigenvalue weighted by Crippen LogP contribution is 2.28. The van der Waals surface area contributed by atoms with Crippen molar-refractivity contribution in [1.29, 1.82) is 0 Å². The van der Waals surface area contributed by atoms with Gasteiger partial charge in [0.2, 0.25) is 0 Å². The first kappa shape index (κ1) is 20.7. The van der Waals surface area contributed by atoms with Gasteiger partial charge in [0.15, 0.2) is 5.75 Å². The van der Waals surface area contributed by atoms with E-state index in [-0.39, 0.29) is 18.7 Å². The van der Waals surface area contributed by atoms with E-state index in [0.29, 0.717) is 18.0 Å². The molecule has 0 bridgehead atoms. The first-order valence-electron chi connectivity index (χ1n) is 8.94. The molecule has 3 rings (SSSR count). The van der Waals surface area contributed by atoms with Crippen molar-refractivity contribution in [2.75, 3.05) is 24.5 Å². The normalized spacial score (nSPS) is 15.4. The van der Waals surface area contributed by atoms with E-state index < -0.39 is 41.5 Å². The van der Waals surface area contributed by atoms with Crippen LogP contribution in [0.25, 0.3) is 0 Å². The predicted octanol–water partition coefficient (Wildman–Crippen LogP) is 2.89. The van der Waals surface area contributed by atoms with Crippen LogP contribution in [0.4, 0.5) is 23.2 Å². The standard InChI is InChI=1S/C19H19F4N3O3/c20-12-1-3-13(4-2-12)25-9-6-14(7-10-25)26(11-19(21,22)23)18(29)15-5-8-24-17(28)16(15)27/h1-5,8,14,27H,6-7,9-11H2,(H,24,28). The maximum absolute atomic E-state index is 13.1. The second-order valence-electron chi connectivity index (χ2n) is 6.81. The molecule has 2 heterocycles. The summed E-state index contributed by atoms with van der Waals surface area (Å²) in [5.74, 6) is -2.34. The van der Waals surface area contributed by atoms with E-state index in [4.69, 9.17) is 0 Å². The summed E-state index contributed by atoms with van der Waals surface area (Å²) in [6.45, 7) is -0.738. The van der Waals surface area contributed by atoms with E-state index in [1.807, 2.05) is 4.90 Å². The van der Waals surface area contributed by atoms with Crippen molar-refractivity contribution in [3.05, 3.63) is 58.3 Å². The van der Waals surface area contributed by atoms with Crippen LogP contribution in [0.15, 0.2) is 41.3 Å². The van der Waals surface area contributed by atoms with Gasteiger partial charge in [-0.15, -0.1) is 0 Å². The quantitative estimate of drug-likeness (QED) is 0.756. The number of rotatable bonds is 4. The van der Waals surface area contributed by atoms with Crippen molar-refractivity contribution >= 4 is 11.6 Å². The molecule has 2 aromatic rings. The SMILES string of the molecule is O=C(c1cc[nH]c(=O)c1O)N(CC(F)(F)F)C1CCN(c2ccc(F)cc2)CC1. The maximum atomic E-state index is 13.1. The molecule has 10 heteroatoms. The molecule has 0 radical (unpaired) electrons. The minimum Gasteiger partial charge on any atom is -0.502 e. The summed E-state index contributed by atoms with van der Waals surface area (Å²) in [7, 11) is 0. The number of alkyl halides is 3. The minimum absolute atomic E-state index is 0.253. The van der Waals surface area contributed by atoms with Crippen LogP contribution in [0.2, 0.25) is 0 Å². The van der Waals surface area contributed by atoms with Gasteiger partial charge in [0, 0.05) is 31.0 Å². The summed E-state index contributed by atoms with van der Waals surface area (Å²) < 4.78 is 52.5. The summed E-state index contributed by atoms with van der Waals surface area (Å²) in [5, 5.41) is 9.82. The fraction of sp³-hybridized carbons (Fsp3) is 0.368. The van der Waals surface area contributed by atoms with Gasteiger partial charge in [0.1, 0.15) is 12.4 Å². The van der Waals surface area contributed by atoms with Crippen molar-refractivity contribution in [1.82, 2.24) is 9.88 Å². The van der Waals surface area contributed by atoms with Crippen molar-refractivity contribution in [2.45, 2.75) is 25.1 Å². The zero-order chi connectivity index (χ0) is 21.2. The number of H-pyrrole nitrogens is 1. The molecule has 1 fully saturated rings. The van der Waals surface area contributed by atoms with Crippen LogP contribution in [0.3, 0.4) is 0 Å². The van der Waals surface area contributed by atoms with Gasteiger partial charge in [0.05, 0.1) is 5.56 Å². The number of aromatic amines is 1. The Morgan fingerprint density at radius 3 is 2.38 bits per heavy atom. The molecule has 1 amide bonds. The predicted molar refractivity (Wildman–Crippen MR) is 97.5 cm³/mol. The van der Waals surface area contributed by atoms with E-state index in [0.717, 1.165) is 18.0 Å².